The SMILES string of the molecule is N#CCNC(=O)c1ccc(-c2ccnc(Nc3ccc(N4CCC(c5cccs5)CC4)cc3)n2)cc1. The van der Waals surface area contributed by atoms with Crippen LogP contribution < -0.4 is 15.5 Å². The fraction of sp³-hybridized carbons (Fsp3) is 0.214. The van der Waals surface area contributed by atoms with E-state index in [1.807, 2.05) is 35.6 Å². The van der Waals surface area contributed by atoms with Crippen molar-refractivity contribution in [3.05, 3.63) is 88.7 Å². The van der Waals surface area contributed by atoms with Crippen LogP contribution in [-0.4, -0.2) is 35.5 Å². The van der Waals surface area contributed by atoms with Crippen LogP contribution >= 0.6 is 11.3 Å². The first-order valence-electron chi connectivity index (χ1n) is 11.9. The van der Waals surface area contributed by atoms with Crippen molar-refractivity contribution in [2.75, 3.05) is 29.9 Å². The summed E-state index contributed by atoms with van der Waals surface area (Å²) in [5.41, 5.74) is 4.28. The third-order valence-corrected chi connectivity index (χ3v) is 7.39. The largest absolute Gasteiger partial charge is 0.371 e. The third kappa shape index (κ3) is 5.53. The van der Waals surface area contributed by atoms with E-state index in [-0.39, 0.29) is 12.5 Å². The number of hydrogen-bond donors (Lipinski definition) is 2. The summed E-state index contributed by atoms with van der Waals surface area (Å²) >= 11 is 1.87. The number of carbonyl (C=O) groups is 1. The van der Waals surface area contributed by atoms with Crippen molar-refractivity contribution < 1.29 is 4.79 Å². The average molecular weight is 495 g/mol. The van der Waals surface area contributed by atoms with E-state index in [0.29, 0.717) is 17.4 Å². The van der Waals surface area contributed by atoms with Gasteiger partial charge in [-0.25, -0.2) is 9.97 Å². The number of benzene rings is 2. The minimum Gasteiger partial charge on any atom is -0.371 e. The third-order valence-electron chi connectivity index (χ3n) is 6.36. The van der Waals surface area contributed by atoms with E-state index < -0.39 is 0 Å². The number of thiophene rings is 1. The number of aromatic nitrogens is 2. The number of rotatable bonds is 7. The van der Waals surface area contributed by atoms with Crippen LogP contribution in [0.2, 0.25) is 0 Å². The fourth-order valence-corrected chi connectivity index (χ4v) is 5.32. The molecule has 5 rings (SSSR count). The zero-order valence-electron chi connectivity index (χ0n) is 19.7. The van der Waals surface area contributed by atoms with Gasteiger partial charge in [0.25, 0.3) is 5.91 Å². The van der Waals surface area contributed by atoms with Crippen LogP contribution in [0.1, 0.15) is 34.0 Å². The Hall–Kier alpha value is -4.22. The number of piperidine rings is 1. The molecule has 0 saturated carbocycles. The van der Waals surface area contributed by atoms with Crippen molar-refractivity contribution in [2.45, 2.75) is 18.8 Å². The summed E-state index contributed by atoms with van der Waals surface area (Å²) < 4.78 is 0. The van der Waals surface area contributed by atoms with E-state index in [1.165, 1.54) is 23.4 Å². The van der Waals surface area contributed by atoms with Gasteiger partial charge in [-0.1, -0.05) is 18.2 Å². The summed E-state index contributed by atoms with van der Waals surface area (Å²) in [4.78, 5) is 24.9. The Morgan fingerprint density at radius 3 is 2.53 bits per heavy atom. The maximum absolute atomic E-state index is 12.0. The van der Waals surface area contributed by atoms with Gasteiger partial charge in [0.05, 0.1) is 11.8 Å². The topological polar surface area (TPSA) is 93.9 Å². The minimum absolute atomic E-state index is 0.0173. The van der Waals surface area contributed by atoms with E-state index in [9.17, 15) is 4.79 Å². The van der Waals surface area contributed by atoms with Crippen LogP contribution in [0.15, 0.2) is 78.3 Å². The molecule has 0 aliphatic carbocycles. The maximum Gasteiger partial charge on any atom is 0.252 e. The number of amides is 1. The van der Waals surface area contributed by atoms with Crippen LogP contribution in [0.5, 0.6) is 0 Å². The van der Waals surface area contributed by atoms with Crippen LogP contribution in [-0.2, 0) is 0 Å². The Kier molecular flexibility index (Phi) is 7.20. The second-order valence-corrected chi connectivity index (χ2v) is 9.61. The van der Waals surface area contributed by atoms with E-state index in [2.05, 4.69) is 67.3 Å². The van der Waals surface area contributed by atoms with E-state index in [0.717, 1.165) is 30.0 Å². The summed E-state index contributed by atoms with van der Waals surface area (Å²) in [6, 6.07) is 23.7. The van der Waals surface area contributed by atoms with Crippen molar-refractivity contribution in [2.24, 2.45) is 0 Å². The number of nitrogens with one attached hydrogen (secondary N) is 2. The smallest absolute Gasteiger partial charge is 0.252 e. The standard InChI is InChI=1S/C28H26N6OS/c29-14-16-30-27(35)22-5-3-20(4-6-22)25-11-15-31-28(33-25)32-23-7-9-24(10-8-23)34-17-12-21(13-18-34)26-2-1-19-36-26/h1-11,15,19,21H,12-13,16-18H2,(H,30,35)(H,31,32,33). The highest BCUT2D eigenvalue weighted by molar-refractivity contribution is 7.10. The lowest BCUT2D eigenvalue weighted by atomic mass is 9.95. The number of hydrogen-bond acceptors (Lipinski definition) is 7. The molecular weight excluding hydrogens is 468 g/mol. The molecule has 1 amide bonds. The van der Waals surface area contributed by atoms with Crippen molar-refractivity contribution in [1.82, 2.24) is 15.3 Å². The van der Waals surface area contributed by atoms with Gasteiger partial charge in [0.1, 0.15) is 6.54 Å². The van der Waals surface area contributed by atoms with E-state index in [1.54, 1.807) is 18.3 Å². The number of carbonyl (C=O) groups excluding carboxylic acids is 1. The number of nitrogens with zero attached hydrogens (tertiary/aromatic N) is 4. The zero-order chi connectivity index (χ0) is 24.7. The molecule has 8 heteroatoms. The molecular formula is C28H26N6OS. The molecule has 180 valence electrons. The molecule has 1 aliphatic heterocycles. The minimum atomic E-state index is -0.275. The van der Waals surface area contributed by atoms with Crippen molar-refractivity contribution in [3.63, 3.8) is 0 Å². The molecule has 2 N–H and O–H groups in total. The van der Waals surface area contributed by atoms with Gasteiger partial charge in [-0.3, -0.25) is 4.79 Å². The Balaban J connectivity index is 1.20. The fourth-order valence-electron chi connectivity index (χ4n) is 4.42. The van der Waals surface area contributed by atoms with Crippen LogP contribution in [0.3, 0.4) is 0 Å². The molecule has 0 atom stereocenters. The highest BCUT2D eigenvalue weighted by Crippen LogP contribution is 2.33. The lowest BCUT2D eigenvalue weighted by Crippen LogP contribution is -2.32. The molecule has 1 aliphatic rings. The summed E-state index contributed by atoms with van der Waals surface area (Å²) in [6.45, 7) is 2.12. The average Bonchev–Trinajstić information content (AvgIpc) is 3.48. The highest BCUT2D eigenvalue weighted by atomic mass is 32.1. The predicted molar refractivity (Wildman–Crippen MR) is 144 cm³/mol. The van der Waals surface area contributed by atoms with Gasteiger partial charge >= 0.3 is 0 Å². The second kappa shape index (κ2) is 11.0. The molecule has 0 bridgehead atoms. The zero-order valence-corrected chi connectivity index (χ0v) is 20.5. The number of nitriles is 1. The molecule has 4 aromatic rings. The lowest BCUT2D eigenvalue weighted by molar-refractivity contribution is 0.0958. The van der Waals surface area contributed by atoms with Gasteiger partial charge in [0.2, 0.25) is 5.95 Å². The Morgan fingerprint density at radius 1 is 1.06 bits per heavy atom. The Bertz CT molecular complexity index is 1340. The molecule has 0 unspecified atom stereocenters. The molecule has 1 saturated heterocycles. The first-order chi connectivity index (χ1) is 17.7. The van der Waals surface area contributed by atoms with E-state index in [4.69, 9.17) is 5.26 Å². The quantitative estimate of drug-likeness (QED) is 0.326. The molecule has 0 radical (unpaired) electrons. The molecule has 7 nitrogen and oxygen atoms in total. The first kappa shape index (κ1) is 23.5. The lowest BCUT2D eigenvalue weighted by Gasteiger charge is -2.33. The molecule has 36 heavy (non-hydrogen) atoms. The number of anilines is 3. The molecule has 1 fully saturated rings. The van der Waals surface area contributed by atoms with Crippen LogP contribution in [0.25, 0.3) is 11.3 Å². The van der Waals surface area contributed by atoms with Crippen molar-refractivity contribution >= 4 is 34.6 Å². The molecule has 0 spiro atoms. The second-order valence-electron chi connectivity index (χ2n) is 8.63. The molecule has 2 aromatic heterocycles. The van der Waals surface area contributed by atoms with Crippen LogP contribution in [0, 0.1) is 11.3 Å². The summed E-state index contributed by atoms with van der Waals surface area (Å²) in [5, 5.41) is 16.6. The van der Waals surface area contributed by atoms with Gasteiger partial charge in [-0.05, 0) is 72.7 Å². The Labute approximate surface area is 214 Å². The molecule has 3 heterocycles. The molecule has 2 aromatic carbocycles. The van der Waals surface area contributed by atoms with Crippen LogP contribution in [0.4, 0.5) is 17.3 Å². The summed E-state index contributed by atoms with van der Waals surface area (Å²) in [7, 11) is 0. The van der Waals surface area contributed by atoms with Crippen molar-refractivity contribution in [3.8, 4) is 17.3 Å². The highest BCUT2D eigenvalue weighted by Gasteiger charge is 2.21. The summed E-state index contributed by atoms with van der Waals surface area (Å²) in [6.07, 6.45) is 4.09. The van der Waals surface area contributed by atoms with Gasteiger partial charge in [-0.15, -0.1) is 11.3 Å². The van der Waals surface area contributed by atoms with Gasteiger partial charge in [0.15, 0.2) is 0 Å². The van der Waals surface area contributed by atoms with Gasteiger partial charge < -0.3 is 15.5 Å². The van der Waals surface area contributed by atoms with Gasteiger partial charge in [-0.2, -0.15) is 5.26 Å². The first-order valence-corrected chi connectivity index (χ1v) is 12.8. The normalized spacial score (nSPS) is 13.7. The maximum atomic E-state index is 12.0. The predicted octanol–water partition coefficient (Wildman–Crippen LogP) is 5.59. The van der Waals surface area contributed by atoms with E-state index >= 15 is 0 Å². The Morgan fingerprint density at radius 2 is 1.83 bits per heavy atom. The monoisotopic (exact) mass is 494 g/mol. The summed E-state index contributed by atoms with van der Waals surface area (Å²) in [5.74, 6) is 0.917. The van der Waals surface area contributed by atoms with Gasteiger partial charge in [0, 0.05) is 46.7 Å². The van der Waals surface area contributed by atoms with Crippen molar-refractivity contribution in [1.29, 1.82) is 5.26 Å².